The Hall–Kier alpha value is -2.47. The fraction of sp³-hybridized carbons (Fsp3) is 0.235. The lowest BCUT2D eigenvalue weighted by Crippen LogP contribution is -2.07. The molecule has 0 radical (unpaired) electrons. The van der Waals surface area contributed by atoms with Gasteiger partial charge in [-0.3, -0.25) is 9.59 Å². The first-order chi connectivity index (χ1) is 11.1. The second kappa shape index (κ2) is 8.24. The zero-order valence-electron chi connectivity index (χ0n) is 13.0. The molecule has 1 amide bonds. The maximum Gasteiger partial charge on any atom is 0.305 e. The summed E-state index contributed by atoms with van der Waals surface area (Å²) in [6.45, 7) is 1.92. The number of hydrogen-bond acceptors (Lipinski definition) is 5. The van der Waals surface area contributed by atoms with Crippen molar-refractivity contribution in [3.8, 4) is 0 Å². The Bertz CT molecular complexity index is 705. The number of nitrogens with zero attached hydrogens (tertiary/aromatic N) is 1. The molecule has 1 heterocycles. The normalized spacial score (nSPS) is 10.7. The molecular formula is C17H18N2O3S. The number of carbonyl (C=O) groups is 2. The lowest BCUT2D eigenvalue weighted by molar-refractivity contribution is -0.140. The van der Waals surface area contributed by atoms with Crippen molar-refractivity contribution in [2.75, 3.05) is 12.4 Å². The van der Waals surface area contributed by atoms with Crippen molar-refractivity contribution in [1.29, 1.82) is 0 Å². The van der Waals surface area contributed by atoms with Crippen molar-refractivity contribution in [2.24, 2.45) is 0 Å². The Kier molecular flexibility index (Phi) is 6.05. The third kappa shape index (κ3) is 5.67. The summed E-state index contributed by atoms with van der Waals surface area (Å²) in [5.74, 6) is -0.427. The number of amides is 1. The van der Waals surface area contributed by atoms with Gasteiger partial charge in [0.2, 0.25) is 5.91 Å². The zero-order chi connectivity index (χ0) is 16.7. The minimum absolute atomic E-state index is 0.196. The summed E-state index contributed by atoms with van der Waals surface area (Å²) in [5.41, 5.74) is 1.73. The van der Waals surface area contributed by atoms with Gasteiger partial charge in [-0.15, -0.1) is 11.3 Å². The number of thiazole rings is 1. The molecule has 2 rings (SSSR count). The van der Waals surface area contributed by atoms with E-state index in [1.54, 1.807) is 12.3 Å². The van der Waals surface area contributed by atoms with E-state index >= 15 is 0 Å². The number of benzene rings is 1. The van der Waals surface area contributed by atoms with Crippen molar-refractivity contribution in [1.82, 2.24) is 4.98 Å². The van der Waals surface area contributed by atoms with Crippen LogP contribution < -0.4 is 5.32 Å². The van der Waals surface area contributed by atoms with Gasteiger partial charge in [0.15, 0.2) is 0 Å². The van der Waals surface area contributed by atoms with Gasteiger partial charge in [0.05, 0.1) is 12.1 Å². The molecule has 1 N–H and O–H groups in total. The Morgan fingerprint density at radius 2 is 2.04 bits per heavy atom. The van der Waals surface area contributed by atoms with Crippen LogP contribution in [0.2, 0.25) is 0 Å². The molecular weight excluding hydrogens is 312 g/mol. The Balaban J connectivity index is 1.86. The molecule has 0 saturated heterocycles. The van der Waals surface area contributed by atoms with Crippen molar-refractivity contribution in [2.45, 2.75) is 19.8 Å². The number of carbonyl (C=O) groups excluding carboxylic acids is 2. The molecule has 0 atom stereocenters. The Labute approximate surface area is 139 Å². The van der Waals surface area contributed by atoms with E-state index in [4.69, 9.17) is 0 Å². The quantitative estimate of drug-likeness (QED) is 0.652. The van der Waals surface area contributed by atoms with Gasteiger partial charge in [-0.25, -0.2) is 4.98 Å². The number of anilines is 1. The minimum atomic E-state index is -0.231. The van der Waals surface area contributed by atoms with E-state index in [9.17, 15) is 9.59 Å². The molecule has 23 heavy (non-hydrogen) atoms. The lowest BCUT2D eigenvalue weighted by atomic mass is 10.1. The molecule has 120 valence electrons. The number of hydrogen-bond donors (Lipinski definition) is 1. The van der Waals surface area contributed by atoms with E-state index in [0.717, 1.165) is 15.4 Å². The lowest BCUT2D eigenvalue weighted by Gasteiger charge is -2.04. The van der Waals surface area contributed by atoms with Crippen LogP contribution in [0.3, 0.4) is 0 Å². The number of aromatic nitrogens is 1. The second-order valence-corrected chi connectivity index (χ2v) is 6.14. The Morgan fingerprint density at radius 1 is 1.30 bits per heavy atom. The molecule has 1 aromatic carbocycles. The maximum atomic E-state index is 11.9. The van der Waals surface area contributed by atoms with Gasteiger partial charge in [0, 0.05) is 29.3 Å². The highest BCUT2D eigenvalue weighted by Gasteiger charge is 2.03. The van der Waals surface area contributed by atoms with Crippen molar-refractivity contribution in [3.05, 3.63) is 52.0 Å². The molecule has 0 aliphatic carbocycles. The molecule has 0 aliphatic heterocycles. The molecule has 1 aromatic heterocycles. The summed E-state index contributed by atoms with van der Waals surface area (Å²) in [5, 5.41) is 3.75. The number of ether oxygens (including phenoxy) is 1. The molecule has 0 saturated carbocycles. The standard InChI is InChI=1S/C17H18N2O3S/c1-12-18-11-15(23-12)8-9-16(20)19-14-6-3-13(4-7-14)5-10-17(21)22-2/h3-4,6-9,11H,5,10H2,1-2H3,(H,19,20)/b9-8-. The molecule has 0 bridgehead atoms. The summed E-state index contributed by atoms with van der Waals surface area (Å²) in [6, 6.07) is 7.40. The summed E-state index contributed by atoms with van der Waals surface area (Å²) in [4.78, 5) is 28.0. The number of rotatable bonds is 6. The van der Waals surface area contributed by atoms with Crippen LogP contribution in [-0.4, -0.2) is 24.0 Å². The second-order valence-electron chi connectivity index (χ2n) is 4.88. The van der Waals surface area contributed by atoms with Gasteiger partial charge in [0.25, 0.3) is 0 Å². The molecule has 0 spiro atoms. The highest BCUT2D eigenvalue weighted by molar-refractivity contribution is 7.12. The monoisotopic (exact) mass is 330 g/mol. The average molecular weight is 330 g/mol. The van der Waals surface area contributed by atoms with Gasteiger partial charge in [-0.2, -0.15) is 0 Å². The molecule has 5 nitrogen and oxygen atoms in total. The maximum absolute atomic E-state index is 11.9. The van der Waals surface area contributed by atoms with E-state index in [2.05, 4.69) is 15.0 Å². The smallest absolute Gasteiger partial charge is 0.305 e. The highest BCUT2D eigenvalue weighted by atomic mass is 32.1. The van der Waals surface area contributed by atoms with Crippen LogP contribution >= 0.6 is 11.3 Å². The van der Waals surface area contributed by atoms with Gasteiger partial charge in [-0.05, 0) is 37.1 Å². The van der Waals surface area contributed by atoms with Crippen LogP contribution in [0.15, 0.2) is 36.5 Å². The Morgan fingerprint density at radius 3 is 2.65 bits per heavy atom. The highest BCUT2D eigenvalue weighted by Crippen LogP contribution is 2.14. The first-order valence-electron chi connectivity index (χ1n) is 7.14. The molecule has 0 unspecified atom stereocenters. The summed E-state index contributed by atoms with van der Waals surface area (Å²) >= 11 is 1.53. The van der Waals surface area contributed by atoms with Gasteiger partial charge in [-0.1, -0.05) is 12.1 Å². The first-order valence-corrected chi connectivity index (χ1v) is 7.96. The SMILES string of the molecule is COC(=O)CCc1ccc(NC(=O)/C=C\c2cnc(C)s2)cc1. The van der Waals surface area contributed by atoms with Crippen LogP contribution in [-0.2, 0) is 20.7 Å². The van der Waals surface area contributed by atoms with E-state index in [-0.39, 0.29) is 11.9 Å². The fourth-order valence-electron chi connectivity index (χ4n) is 1.90. The molecule has 0 fully saturated rings. The molecule has 6 heteroatoms. The summed E-state index contributed by atoms with van der Waals surface area (Å²) in [7, 11) is 1.38. The van der Waals surface area contributed by atoms with Crippen LogP contribution in [0.25, 0.3) is 6.08 Å². The molecule has 2 aromatic rings. The van der Waals surface area contributed by atoms with Crippen molar-refractivity contribution < 1.29 is 14.3 Å². The third-order valence-corrected chi connectivity index (χ3v) is 3.98. The van der Waals surface area contributed by atoms with Crippen molar-refractivity contribution in [3.63, 3.8) is 0 Å². The topological polar surface area (TPSA) is 68.3 Å². The summed E-state index contributed by atoms with van der Waals surface area (Å²) in [6.07, 6.45) is 5.92. The average Bonchev–Trinajstić information content (AvgIpc) is 2.97. The van der Waals surface area contributed by atoms with E-state index < -0.39 is 0 Å². The number of methoxy groups -OCH3 is 1. The number of nitrogens with one attached hydrogen (secondary N) is 1. The number of esters is 1. The van der Waals surface area contributed by atoms with Gasteiger partial charge < -0.3 is 10.1 Å². The van der Waals surface area contributed by atoms with Gasteiger partial charge >= 0.3 is 5.97 Å². The van der Waals surface area contributed by atoms with Crippen LogP contribution in [0.4, 0.5) is 5.69 Å². The van der Waals surface area contributed by atoms with Crippen LogP contribution in [0, 0.1) is 6.92 Å². The van der Waals surface area contributed by atoms with Gasteiger partial charge in [0.1, 0.15) is 0 Å². The fourth-order valence-corrected chi connectivity index (χ4v) is 2.59. The zero-order valence-corrected chi connectivity index (χ0v) is 13.9. The minimum Gasteiger partial charge on any atom is -0.469 e. The van der Waals surface area contributed by atoms with E-state index in [1.165, 1.54) is 24.5 Å². The molecule has 0 aliphatic rings. The largest absolute Gasteiger partial charge is 0.469 e. The first kappa shape index (κ1) is 16.9. The third-order valence-electron chi connectivity index (χ3n) is 3.11. The number of aryl methyl sites for hydroxylation is 2. The van der Waals surface area contributed by atoms with E-state index in [0.29, 0.717) is 18.5 Å². The van der Waals surface area contributed by atoms with E-state index in [1.807, 2.05) is 31.2 Å². The van der Waals surface area contributed by atoms with Crippen LogP contribution in [0.1, 0.15) is 21.9 Å². The summed E-state index contributed by atoms with van der Waals surface area (Å²) < 4.78 is 4.61. The van der Waals surface area contributed by atoms with Crippen molar-refractivity contribution >= 4 is 35.0 Å². The predicted molar refractivity (Wildman–Crippen MR) is 91.3 cm³/mol. The van der Waals surface area contributed by atoms with Crippen LogP contribution in [0.5, 0.6) is 0 Å². The predicted octanol–water partition coefficient (Wildman–Crippen LogP) is 3.21.